The fourth-order valence-electron chi connectivity index (χ4n) is 2.00. The zero-order chi connectivity index (χ0) is 16.3. The maximum absolute atomic E-state index is 11.2. The van der Waals surface area contributed by atoms with Crippen LogP contribution >= 0.6 is 0 Å². The van der Waals surface area contributed by atoms with Crippen molar-refractivity contribution in [3.8, 4) is 16.9 Å². The Kier molecular flexibility index (Phi) is 6.94. The molecule has 0 aromatic heterocycles. The Bertz CT molecular complexity index is 786. The zero-order valence-electron chi connectivity index (χ0n) is 12.6. The topological polar surface area (TPSA) is 104 Å². The van der Waals surface area contributed by atoms with E-state index < -0.39 is 21.3 Å². The molecule has 2 aromatic rings. The summed E-state index contributed by atoms with van der Waals surface area (Å²) in [6, 6.07) is 13.2. The maximum Gasteiger partial charge on any atom is 1.00 e. The van der Waals surface area contributed by atoms with Crippen LogP contribution in [0.15, 0.2) is 48.5 Å². The van der Waals surface area contributed by atoms with E-state index in [9.17, 15) is 22.9 Å². The number of rotatable bonds is 4. The van der Waals surface area contributed by atoms with E-state index >= 15 is 0 Å². The van der Waals surface area contributed by atoms with E-state index in [0.717, 1.165) is 11.1 Å². The van der Waals surface area contributed by atoms with Crippen molar-refractivity contribution in [2.45, 2.75) is 6.10 Å². The van der Waals surface area contributed by atoms with Crippen molar-refractivity contribution in [2.75, 3.05) is 7.11 Å². The molecule has 0 radical (unpaired) electrons. The first kappa shape index (κ1) is 19.8. The van der Waals surface area contributed by atoms with Crippen molar-refractivity contribution in [1.82, 2.24) is 0 Å². The molecule has 23 heavy (non-hydrogen) atoms. The molecule has 0 bridgehead atoms. The molecule has 116 valence electrons. The minimum Gasteiger partial charge on any atom is -0.742 e. The predicted molar refractivity (Wildman–Crippen MR) is 78.1 cm³/mol. The van der Waals surface area contributed by atoms with E-state index in [-0.39, 0.29) is 35.1 Å². The molecule has 1 unspecified atom stereocenters. The van der Waals surface area contributed by atoms with E-state index in [1.165, 1.54) is 19.2 Å². The number of hydrogen-bond acceptors (Lipinski definition) is 6. The first-order valence-electron chi connectivity index (χ1n) is 6.25. The Morgan fingerprint density at radius 3 is 2.22 bits per heavy atom. The van der Waals surface area contributed by atoms with Gasteiger partial charge in [-0.2, -0.15) is 0 Å². The standard InChI is InChI=1S/C15H14O6S.Na/c1-21-13-5-3-2-4-12(13)10-6-8-11(9-7-10)14(16)15(17)22(18,19)20;/h2-9,14,16H,1H3,(H,18,19,20);/q;+1/p-1. The molecule has 0 amide bonds. The predicted octanol–water partition coefficient (Wildman–Crippen LogP) is -1.53. The summed E-state index contributed by atoms with van der Waals surface area (Å²) < 4.78 is 37.1. The van der Waals surface area contributed by atoms with Crippen LogP contribution in [0, 0.1) is 0 Å². The molecular weight excluding hydrogens is 331 g/mol. The molecule has 2 rings (SSSR count). The number of methoxy groups -OCH3 is 1. The molecule has 2 aromatic carbocycles. The van der Waals surface area contributed by atoms with Crippen LogP contribution in [-0.2, 0) is 14.9 Å². The Balaban J connectivity index is 0.00000264. The van der Waals surface area contributed by atoms with Gasteiger partial charge in [0, 0.05) is 5.56 Å². The normalized spacial score (nSPS) is 12.1. The van der Waals surface area contributed by atoms with Crippen LogP contribution in [0.1, 0.15) is 11.7 Å². The number of aliphatic hydroxyl groups excluding tert-OH is 1. The van der Waals surface area contributed by atoms with E-state index in [1.807, 2.05) is 18.2 Å². The molecule has 0 aliphatic carbocycles. The molecule has 1 N–H and O–H groups in total. The smallest absolute Gasteiger partial charge is 0.742 e. The number of para-hydroxylation sites is 1. The zero-order valence-corrected chi connectivity index (χ0v) is 15.4. The number of carbonyl (C=O) groups excluding carboxylic acids is 1. The quantitative estimate of drug-likeness (QED) is 0.533. The van der Waals surface area contributed by atoms with Crippen LogP contribution < -0.4 is 34.3 Å². The van der Waals surface area contributed by atoms with Crippen molar-refractivity contribution in [1.29, 1.82) is 0 Å². The first-order chi connectivity index (χ1) is 10.3. The summed E-state index contributed by atoms with van der Waals surface area (Å²) in [5, 5.41) is 7.87. The van der Waals surface area contributed by atoms with Crippen molar-refractivity contribution in [2.24, 2.45) is 0 Å². The van der Waals surface area contributed by atoms with E-state index in [2.05, 4.69) is 0 Å². The average Bonchev–Trinajstić information content (AvgIpc) is 2.52. The van der Waals surface area contributed by atoms with Gasteiger partial charge in [-0.15, -0.1) is 0 Å². The molecule has 0 aliphatic rings. The molecule has 6 nitrogen and oxygen atoms in total. The number of hydrogen-bond donors (Lipinski definition) is 1. The average molecular weight is 344 g/mol. The summed E-state index contributed by atoms with van der Waals surface area (Å²) in [4.78, 5) is 11.2. The molecule has 0 saturated heterocycles. The summed E-state index contributed by atoms with van der Waals surface area (Å²) in [5.74, 6) is 0.647. The van der Waals surface area contributed by atoms with Gasteiger partial charge < -0.3 is 14.4 Å². The molecular formula is C15H13NaO6S. The molecule has 8 heteroatoms. The third-order valence-corrected chi connectivity index (χ3v) is 3.83. The molecule has 1 atom stereocenters. The van der Waals surface area contributed by atoms with Gasteiger partial charge in [-0.1, -0.05) is 42.5 Å². The van der Waals surface area contributed by atoms with Crippen LogP contribution in [-0.4, -0.2) is 30.3 Å². The molecule has 0 saturated carbocycles. The van der Waals surface area contributed by atoms with Gasteiger partial charge in [0.05, 0.1) is 7.11 Å². The first-order valence-corrected chi connectivity index (χ1v) is 7.66. The SMILES string of the molecule is COc1ccccc1-c1ccc(C(O)C(=O)S(=O)(=O)[O-])cc1.[Na+]. The monoisotopic (exact) mass is 344 g/mol. The number of ether oxygens (including phenoxy) is 1. The largest absolute Gasteiger partial charge is 1.00 e. The minimum atomic E-state index is -5.18. The van der Waals surface area contributed by atoms with Gasteiger partial charge in [0.2, 0.25) is 0 Å². The molecule has 0 fully saturated rings. The second kappa shape index (κ2) is 8.05. The van der Waals surface area contributed by atoms with E-state index in [4.69, 9.17) is 4.74 Å². The number of carbonyl (C=O) groups is 1. The summed E-state index contributed by atoms with van der Waals surface area (Å²) in [6.07, 6.45) is -1.99. The van der Waals surface area contributed by atoms with Gasteiger partial charge >= 0.3 is 29.6 Å². The minimum absolute atomic E-state index is 0. The maximum atomic E-state index is 11.2. The van der Waals surface area contributed by atoms with Crippen molar-refractivity contribution in [3.63, 3.8) is 0 Å². The van der Waals surface area contributed by atoms with Gasteiger partial charge in [0.25, 0.3) is 5.12 Å². The molecule has 0 spiro atoms. The third-order valence-electron chi connectivity index (χ3n) is 3.11. The Hall–Kier alpha value is -1.22. The van der Waals surface area contributed by atoms with Crippen LogP contribution in [0.4, 0.5) is 0 Å². The fourth-order valence-corrected chi connectivity index (χ4v) is 2.41. The van der Waals surface area contributed by atoms with Crippen molar-refractivity contribution >= 4 is 15.2 Å². The Morgan fingerprint density at radius 1 is 1.13 bits per heavy atom. The van der Waals surface area contributed by atoms with E-state index in [0.29, 0.717) is 5.75 Å². The molecule has 0 aliphatic heterocycles. The van der Waals surface area contributed by atoms with Gasteiger partial charge in [-0.25, -0.2) is 8.42 Å². The fraction of sp³-hybridized carbons (Fsp3) is 0.133. The second-order valence-corrected chi connectivity index (χ2v) is 5.81. The Morgan fingerprint density at radius 2 is 1.70 bits per heavy atom. The summed E-state index contributed by atoms with van der Waals surface area (Å²) in [6.45, 7) is 0. The number of benzene rings is 2. The summed E-state index contributed by atoms with van der Waals surface area (Å²) in [5.41, 5.74) is 1.59. The Labute approximate surface area is 156 Å². The van der Waals surface area contributed by atoms with Crippen LogP contribution in [0.2, 0.25) is 0 Å². The van der Waals surface area contributed by atoms with Crippen LogP contribution in [0.5, 0.6) is 5.75 Å². The third kappa shape index (κ3) is 4.63. The molecule has 0 heterocycles. The number of aliphatic hydroxyl groups is 1. The van der Waals surface area contributed by atoms with Crippen molar-refractivity contribution in [3.05, 3.63) is 54.1 Å². The van der Waals surface area contributed by atoms with Gasteiger partial charge in [-0.3, -0.25) is 4.79 Å². The summed E-state index contributed by atoms with van der Waals surface area (Å²) >= 11 is 0. The van der Waals surface area contributed by atoms with Gasteiger partial charge in [-0.05, 0) is 17.2 Å². The van der Waals surface area contributed by atoms with Crippen LogP contribution in [0.3, 0.4) is 0 Å². The van der Waals surface area contributed by atoms with Gasteiger partial charge in [0.1, 0.15) is 5.75 Å². The summed E-state index contributed by atoms with van der Waals surface area (Å²) in [7, 11) is -3.65. The second-order valence-electron chi connectivity index (χ2n) is 4.50. The van der Waals surface area contributed by atoms with Crippen molar-refractivity contribution < 1.29 is 57.2 Å². The van der Waals surface area contributed by atoms with Gasteiger partial charge in [0.15, 0.2) is 16.2 Å². The van der Waals surface area contributed by atoms with E-state index in [1.54, 1.807) is 18.2 Å². The van der Waals surface area contributed by atoms with Crippen LogP contribution in [0.25, 0.3) is 11.1 Å².